The summed E-state index contributed by atoms with van der Waals surface area (Å²) >= 11 is 0. The molecule has 1 heterocycles. The third-order valence-corrected chi connectivity index (χ3v) is 3.53. The Hall–Kier alpha value is -3.08. The van der Waals surface area contributed by atoms with Gasteiger partial charge < -0.3 is 15.4 Å². The minimum Gasteiger partial charge on any atom is -0.496 e. The summed E-state index contributed by atoms with van der Waals surface area (Å²) in [6, 6.07) is 17.7. The zero-order chi connectivity index (χ0) is 16.1. The fraction of sp³-hybridized carbons (Fsp3) is 0.111. The number of fused-ring (bicyclic) bond motifs is 1. The smallest absolute Gasteiger partial charge is 0.194 e. The highest BCUT2D eigenvalue weighted by Gasteiger charge is 2.04. The van der Waals surface area contributed by atoms with Crippen LogP contribution in [-0.4, -0.2) is 18.1 Å². The third kappa shape index (κ3) is 3.58. The highest BCUT2D eigenvalue weighted by atomic mass is 16.5. The van der Waals surface area contributed by atoms with Crippen molar-refractivity contribution in [3.8, 4) is 5.75 Å². The molecule has 5 nitrogen and oxygen atoms in total. The van der Waals surface area contributed by atoms with Crippen molar-refractivity contribution >= 4 is 22.5 Å². The molecule has 0 aliphatic heterocycles. The van der Waals surface area contributed by atoms with Crippen molar-refractivity contribution in [2.75, 3.05) is 12.4 Å². The SMILES string of the molecule is COc1ccccc1CNC(=N)Nc1cc2ccccc2cn1. The number of rotatable bonds is 4. The summed E-state index contributed by atoms with van der Waals surface area (Å²) in [7, 11) is 1.64. The Morgan fingerprint density at radius 3 is 2.65 bits per heavy atom. The van der Waals surface area contributed by atoms with Gasteiger partial charge in [-0.05, 0) is 17.5 Å². The molecule has 23 heavy (non-hydrogen) atoms. The predicted molar refractivity (Wildman–Crippen MR) is 92.9 cm³/mol. The van der Waals surface area contributed by atoms with Crippen LogP contribution < -0.4 is 15.4 Å². The molecule has 0 aliphatic carbocycles. The van der Waals surface area contributed by atoms with Crippen molar-refractivity contribution in [3.05, 3.63) is 66.4 Å². The second-order valence-corrected chi connectivity index (χ2v) is 5.08. The lowest BCUT2D eigenvalue weighted by atomic mass is 10.2. The summed E-state index contributed by atoms with van der Waals surface area (Å²) < 4.78 is 5.30. The number of hydrogen-bond acceptors (Lipinski definition) is 3. The van der Waals surface area contributed by atoms with Gasteiger partial charge in [0.15, 0.2) is 5.96 Å². The van der Waals surface area contributed by atoms with Crippen LogP contribution in [0.2, 0.25) is 0 Å². The van der Waals surface area contributed by atoms with Gasteiger partial charge in [0.2, 0.25) is 0 Å². The summed E-state index contributed by atoms with van der Waals surface area (Å²) in [6.45, 7) is 0.503. The van der Waals surface area contributed by atoms with E-state index in [1.807, 2.05) is 54.6 Å². The first-order valence-corrected chi connectivity index (χ1v) is 7.32. The van der Waals surface area contributed by atoms with E-state index in [1.165, 1.54) is 0 Å². The standard InChI is InChI=1S/C18H18N4O/c1-23-16-9-5-4-8-15(16)12-21-18(19)22-17-10-13-6-2-3-7-14(13)11-20-17/h2-11H,12H2,1H3,(H3,19,20,21,22). The Morgan fingerprint density at radius 1 is 1.09 bits per heavy atom. The van der Waals surface area contributed by atoms with Crippen LogP contribution in [0.1, 0.15) is 5.56 Å². The topological polar surface area (TPSA) is 70.0 Å². The first-order chi connectivity index (χ1) is 11.3. The first-order valence-electron chi connectivity index (χ1n) is 7.32. The van der Waals surface area contributed by atoms with E-state index in [1.54, 1.807) is 13.3 Å². The van der Waals surface area contributed by atoms with Gasteiger partial charge in [-0.2, -0.15) is 0 Å². The molecule has 1 aromatic heterocycles. The molecule has 116 valence electrons. The van der Waals surface area contributed by atoms with Gasteiger partial charge in [0.25, 0.3) is 0 Å². The van der Waals surface area contributed by atoms with Gasteiger partial charge in [-0.3, -0.25) is 5.41 Å². The van der Waals surface area contributed by atoms with Crippen LogP contribution in [0, 0.1) is 5.41 Å². The van der Waals surface area contributed by atoms with E-state index < -0.39 is 0 Å². The number of nitrogens with one attached hydrogen (secondary N) is 3. The van der Waals surface area contributed by atoms with Crippen molar-refractivity contribution in [2.24, 2.45) is 0 Å². The summed E-state index contributed by atoms with van der Waals surface area (Å²) in [5.74, 6) is 1.64. The number of ether oxygens (including phenoxy) is 1. The van der Waals surface area contributed by atoms with Crippen LogP contribution in [0.5, 0.6) is 5.75 Å². The Kier molecular flexibility index (Phi) is 4.38. The van der Waals surface area contributed by atoms with E-state index in [2.05, 4.69) is 15.6 Å². The van der Waals surface area contributed by atoms with Crippen molar-refractivity contribution in [1.29, 1.82) is 5.41 Å². The highest BCUT2D eigenvalue weighted by Crippen LogP contribution is 2.17. The maximum absolute atomic E-state index is 8.01. The van der Waals surface area contributed by atoms with E-state index in [0.717, 1.165) is 22.1 Å². The van der Waals surface area contributed by atoms with Crippen molar-refractivity contribution < 1.29 is 4.74 Å². The quantitative estimate of drug-likeness (QED) is 0.510. The Labute approximate surface area is 134 Å². The number of aromatic nitrogens is 1. The molecular formula is C18H18N4O. The molecule has 0 saturated carbocycles. The highest BCUT2D eigenvalue weighted by molar-refractivity contribution is 5.93. The summed E-state index contributed by atoms with van der Waals surface area (Å²) in [6.07, 6.45) is 1.80. The van der Waals surface area contributed by atoms with E-state index in [0.29, 0.717) is 12.4 Å². The number of para-hydroxylation sites is 1. The summed E-state index contributed by atoms with van der Waals surface area (Å²) in [4.78, 5) is 4.32. The van der Waals surface area contributed by atoms with Crippen molar-refractivity contribution in [2.45, 2.75) is 6.54 Å². The van der Waals surface area contributed by atoms with E-state index in [9.17, 15) is 0 Å². The zero-order valence-corrected chi connectivity index (χ0v) is 12.8. The van der Waals surface area contributed by atoms with Gasteiger partial charge in [-0.25, -0.2) is 4.98 Å². The second-order valence-electron chi connectivity index (χ2n) is 5.08. The molecular weight excluding hydrogens is 288 g/mol. The van der Waals surface area contributed by atoms with Crippen LogP contribution in [0.4, 0.5) is 5.82 Å². The molecule has 0 saturated heterocycles. The largest absolute Gasteiger partial charge is 0.496 e. The van der Waals surface area contributed by atoms with Crippen molar-refractivity contribution in [3.63, 3.8) is 0 Å². The molecule has 0 amide bonds. The maximum Gasteiger partial charge on any atom is 0.194 e. The lowest BCUT2D eigenvalue weighted by Crippen LogP contribution is -2.29. The Bertz CT molecular complexity index is 832. The fourth-order valence-electron chi connectivity index (χ4n) is 2.36. The molecule has 0 radical (unpaired) electrons. The number of nitrogens with zero attached hydrogens (tertiary/aromatic N) is 1. The average Bonchev–Trinajstić information content (AvgIpc) is 2.60. The minimum absolute atomic E-state index is 0.193. The lowest BCUT2D eigenvalue weighted by Gasteiger charge is -2.12. The number of hydrogen-bond donors (Lipinski definition) is 3. The summed E-state index contributed by atoms with van der Waals surface area (Å²) in [5.41, 5.74) is 0.994. The normalized spacial score (nSPS) is 10.3. The zero-order valence-electron chi connectivity index (χ0n) is 12.8. The number of guanidine groups is 1. The molecule has 0 spiro atoms. The first kappa shape index (κ1) is 14.8. The number of pyridine rings is 1. The molecule has 0 unspecified atom stereocenters. The van der Waals surface area contributed by atoms with E-state index in [-0.39, 0.29) is 5.96 Å². The number of methoxy groups -OCH3 is 1. The average molecular weight is 306 g/mol. The van der Waals surface area contributed by atoms with Gasteiger partial charge >= 0.3 is 0 Å². The van der Waals surface area contributed by atoms with Crippen LogP contribution in [0.3, 0.4) is 0 Å². The van der Waals surface area contributed by atoms with E-state index >= 15 is 0 Å². The molecule has 0 bridgehead atoms. The maximum atomic E-state index is 8.01. The number of benzene rings is 2. The Balaban J connectivity index is 1.64. The third-order valence-electron chi connectivity index (χ3n) is 3.53. The van der Waals surface area contributed by atoms with E-state index in [4.69, 9.17) is 10.1 Å². The molecule has 3 N–H and O–H groups in total. The van der Waals surface area contributed by atoms with Crippen LogP contribution in [-0.2, 0) is 6.54 Å². The number of anilines is 1. The van der Waals surface area contributed by atoms with Crippen LogP contribution in [0.25, 0.3) is 10.8 Å². The monoisotopic (exact) mass is 306 g/mol. The van der Waals surface area contributed by atoms with Gasteiger partial charge in [0.05, 0.1) is 7.11 Å². The molecule has 0 fully saturated rings. The molecule has 2 aromatic carbocycles. The Morgan fingerprint density at radius 2 is 1.83 bits per heavy atom. The fourth-order valence-corrected chi connectivity index (χ4v) is 2.36. The van der Waals surface area contributed by atoms with Gasteiger partial charge in [0, 0.05) is 23.7 Å². The molecule has 3 rings (SSSR count). The van der Waals surface area contributed by atoms with Gasteiger partial charge in [0.1, 0.15) is 11.6 Å². The van der Waals surface area contributed by atoms with Gasteiger partial charge in [-0.15, -0.1) is 0 Å². The summed E-state index contributed by atoms with van der Waals surface area (Å²) in [5, 5.41) is 16.2. The van der Waals surface area contributed by atoms with Crippen LogP contribution in [0.15, 0.2) is 60.8 Å². The van der Waals surface area contributed by atoms with Crippen molar-refractivity contribution in [1.82, 2.24) is 10.3 Å². The van der Waals surface area contributed by atoms with Crippen LogP contribution >= 0.6 is 0 Å². The second kappa shape index (κ2) is 6.79. The lowest BCUT2D eigenvalue weighted by molar-refractivity contribution is 0.409. The molecule has 0 atom stereocenters. The predicted octanol–water partition coefficient (Wildman–Crippen LogP) is 3.38. The molecule has 5 heteroatoms. The molecule has 0 aliphatic rings. The molecule has 3 aromatic rings. The van der Waals surface area contributed by atoms with Gasteiger partial charge in [-0.1, -0.05) is 42.5 Å². The minimum atomic E-state index is 0.193.